The average molecular weight is 261 g/mol. The molecule has 0 aliphatic heterocycles. The van der Waals surface area contributed by atoms with E-state index in [1.54, 1.807) is 6.20 Å². The summed E-state index contributed by atoms with van der Waals surface area (Å²) in [7, 11) is 1.38. The fourth-order valence-electron chi connectivity index (χ4n) is 1.74. The van der Waals surface area contributed by atoms with Crippen LogP contribution in [0.1, 0.15) is 34.1 Å². The molecule has 0 atom stereocenters. The van der Waals surface area contributed by atoms with Crippen molar-refractivity contribution in [3.63, 3.8) is 0 Å². The zero-order valence-electron chi connectivity index (χ0n) is 10.6. The highest BCUT2D eigenvalue weighted by Crippen LogP contribution is 2.34. The largest absolute Gasteiger partial charge is 0.465 e. The second-order valence-electron chi connectivity index (χ2n) is 4.51. The molecule has 4 heteroatoms. The highest BCUT2D eigenvalue weighted by atomic mass is 32.1. The summed E-state index contributed by atoms with van der Waals surface area (Å²) in [5.74, 6) is -0.331. The molecule has 3 nitrogen and oxygen atoms in total. The predicted octanol–water partition coefficient (Wildman–Crippen LogP) is 3.26. The van der Waals surface area contributed by atoms with E-state index in [4.69, 9.17) is 4.74 Å². The van der Waals surface area contributed by atoms with Crippen molar-refractivity contribution >= 4 is 17.3 Å². The average Bonchev–Trinajstić information content (AvgIpc) is 2.89. The molecule has 1 aromatic carbocycles. The Bertz CT molecular complexity index is 546. The van der Waals surface area contributed by atoms with E-state index >= 15 is 0 Å². The highest BCUT2D eigenvalue weighted by molar-refractivity contribution is 7.13. The summed E-state index contributed by atoms with van der Waals surface area (Å²) in [4.78, 5) is 16.3. The maximum absolute atomic E-state index is 11.4. The standard InChI is InChI=1S/C14H15NO2S/c1-14(2,10-7-5-4-6-8-10)13-15-9-11(18-13)12(16)17-3/h4-9H,1-3H3. The third-order valence-corrected chi connectivity index (χ3v) is 4.22. The summed E-state index contributed by atoms with van der Waals surface area (Å²) in [6, 6.07) is 10.1. The van der Waals surface area contributed by atoms with E-state index in [0.29, 0.717) is 4.88 Å². The molecule has 0 bridgehead atoms. The van der Waals surface area contributed by atoms with E-state index in [2.05, 4.69) is 31.0 Å². The number of carbonyl (C=O) groups excluding carboxylic acids is 1. The summed E-state index contributed by atoms with van der Waals surface area (Å²) >= 11 is 1.38. The molecule has 0 aliphatic carbocycles. The fourth-order valence-corrected chi connectivity index (χ4v) is 2.70. The molecule has 94 valence electrons. The minimum atomic E-state index is -0.331. The van der Waals surface area contributed by atoms with Crippen LogP contribution in [0.15, 0.2) is 36.5 Å². The van der Waals surface area contributed by atoms with E-state index in [-0.39, 0.29) is 11.4 Å². The Morgan fingerprint density at radius 3 is 2.56 bits per heavy atom. The van der Waals surface area contributed by atoms with Gasteiger partial charge < -0.3 is 4.74 Å². The number of carbonyl (C=O) groups is 1. The number of rotatable bonds is 3. The molecule has 0 radical (unpaired) electrons. The number of esters is 1. The van der Waals surface area contributed by atoms with Crippen LogP contribution in [-0.4, -0.2) is 18.1 Å². The third-order valence-electron chi connectivity index (χ3n) is 2.92. The van der Waals surface area contributed by atoms with Gasteiger partial charge in [0.2, 0.25) is 0 Å². The number of methoxy groups -OCH3 is 1. The van der Waals surface area contributed by atoms with E-state index in [1.807, 2.05) is 18.2 Å². The second kappa shape index (κ2) is 4.90. The summed E-state index contributed by atoms with van der Waals surface area (Å²) in [5, 5.41) is 0.911. The van der Waals surface area contributed by atoms with Crippen molar-refractivity contribution in [3.05, 3.63) is 52.0 Å². The highest BCUT2D eigenvalue weighted by Gasteiger charge is 2.27. The van der Waals surface area contributed by atoms with Gasteiger partial charge in [-0.25, -0.2) is 9.78 Å². The van der Waals surface area contributed by atoms with Crippen LogP contribution >= 0.6 is 11.3 Å². The molecule has 2 aromatic rings. The lowest BCUT2D eigenvalue weighted by atomic mass is 9.85. The third kappa shape index (κ3) is 2.29. The lowest BCUT2D eigenvalue weighted by molar-refractivity contribution is 0.0606. The van der Waals surface area contributed by atoms with Crippen LogP contribution in [0.2, 0.25) is 0 Å². The van der Waals surface area contributed by atoms with Gasteiger partial charge in [-0.05, 0) is 19.4 Å². The van der Waals surface area contributed by atoms with Crippen LogP contribution in [0, 0.1) is 0 Å². The molecule has 0 aliphatic rings. The van der Waals surface area contributed by atoms with Crippen molar-refractivity contribution in [1.29, 1.82) is 0 Å². The Labute approximate surface area is 110 Å². The topological polar surface area (TPSA) is 39.2 Å². The first-order chi connectivity index (χ1) is 8.55. The van der Waals surface area contributed by atoms with Crippen LogP contribution < -0.4 is 0 Å². The predicted molar refractivity (Wildman–Crippen MR) is 72.0 cm³/mol. The molecule has 0 saturated heterocycles. The summed E-state index contributed by atoms with van der Waals surface area (Å²) < 4.78 is 4.70. The molecular formula is C14H15NO2S. The minimum absolute atomic E-state index is 0.210. The maximum Gasteiger partial charge on any atom is 0.349 e. The quantitative estimate of drug-likeness (QED) is 0.796. The number of aromatic nitrogens is 1. The van der Waals surface area contributed by atoms with Crippen LogP contribution in [0.25, 0.3) is 0 Å². The van der Waals surface area contributed by atoms with Crippen molar-refractivity contribution in [3.8, 4) is 0 Å². The number of nitrogens with zero attached hydrogens (tertiary/aromatic N) is 1. The van der Waals surface area contributed by atoms with Gasteiger partial charge >= 0.3 is 5.97 Å². The van der Waals surface area contributed by atoms with Crippen molar-refractivity contribution < 1.29 is 9.53 Å². The van der Waals surface area contributed by atoms with E-state index in [1.165, 1.54) is 24.0 Å². The zero-order valence-corrected chi connectivity index (χ0v) is 11.5. The Balaban J connectivity index is 2.36. The summed E-state index contributed by atoms with van der Waals surface area (Å²) in [6.45, 7) is 4.20. The van der Waals surface area contributed by atoms with Crippen LogP contribution in [0.4, 0.5) is 0 Å². The number of thiazole rings is 1. The Hall–Kier alpha value is -1.68. The number of hydrogen-bond acceptors (Lipinski definition) is 4. The van der Waals surface area contributed by atoms with Crippen molar-refractivity contribution in [2.75, 3.05) is 7.11 Å². The molecule has 0 unspecified atom stereocenters. The van der Waals surface area contributed by atoms with E-state index < -0.39 is 0 Å². The van der Waals surface area contributed by atoms with Crippen LogP contribution in [0.5, 0.6) is 0 Å². The molecule has 0 fully saturated rings. The number of benzene rings is 1. The summed E-state index contributed by atoms with van der Waals surface area (Å²) in [6.07, 6.45) is 1.58. The Kier molecular flexibility index (Phi) is 3.48. The lowest BCUT2D eigenvalue weighted by Crippen LogP contribution is -2.18. The molecule has 1 aromatic heterocycles. The van der Waals surface area contributed by atoms with Crippen LogP contribution in [0.3, 0.4) is 0 Å². The molecule has 18 heavy (non-hydrogen) atoms. The van der Waals surface area contributed by atoms with Gasteiger partial charge in [0.1, 0.15) is 9.88 Å². The monoisotopic (exact) mass is 261 g/mol. The first-order valence-corrected chi connectivity index (χ1v) is 6.47. The lowest BCUT2D eigenvalue weighted by Gasteiger charge is -2.22. The van der Waals surface area contributed by atoms with Gasteiger partial charge in [0.15, 0.2) is 0 Å². The molecule has 0 spiro atoms. The van der Waals surface area contributed by atoms with Gasteiger partial charge in [-0.3, -0.25) is 0 Å². The van der Waals surface area contributed by atoms with Gasteiger partial charge in [0.25, 0.3) is 0 Å². The van der Waals surface area contributed by atoms with Gasteiger partial charge in [-0.2, -0.15) is 0 Å². The minimum Gasteiger partial charge on any atom is -0.465 e. The maximum atomic E-state index is 11.4. The van der Waals surface area contributed by atoms with Gasteiger partial charge in [0, 0.05) is 5.41 Å². The smallest absolute Gasteiger partial charge is 0.349 e. The van der Waals surface area contributed by atoms with Gasteiger partial charge in [-0.15, -0.1) is 11.3 Å². The van der Waals surface area contributed by atoms with Gasteiger partial charge in [0.05, 0.1) is 13.3 Å². The normalized spacial score (nSPS) is 11.3. The Morgan fingerprint density at radius 2 is 1.94 bits per heavy atom. The van der Waals surface area contributed by atoms with Gasteiger partial charge in [-0.1, -0.05) is 30.3 Å². The van der Waals surface area contributed by atoms with Crippen molar-refractivity contribution in [1.82, 2.24) is 4.98 Å². The van der Waals surface area contributed by atoms with E-state index in [0.717, 1.165) is 5.01 Å². The number of hydrogen-bond donors (Lipinski definition) is 0. The molecule has 0 amide bonds. The SMILES string of the molecule is COC(=O)c1cnc(C(C)(C)c2ccccc2)s1. The molecule has 0 N–H and O–H groups in total. The molecule has 2 rings (SSSR count). The first-order valence-electron chi connectivity index (χ1n) is 5.66. The first kappa shape index (κ1) is 12.8. The fraction of sp³-hybridized carbons (Fsp3) is 0.286. The van der Waals surface area contributed by atoms with Crippen molar-refractivity contribution in [2.24, 2.45) is 0 Å². The Morgan fingerprint density at radius 1 is 1.28 bits per heavy atom. The molecule has 1 heterocycles. The molecule has 0 saturated carbocycles. The second-order valence-corrected chi connectivity index (χ2v) is 5.54. The molecular weight excluding hydrogens is 246 g/mol. The van der Waals surface area contributed by atoms with E-state index in [9.17, 15) is 4.79 Å². The van der Waals surface area contributed by atoms with Crippen molar-refractivity contribution in [2.45, 2.75) is 19.3 Å². The van der Waals surface area contributed by atoms with Crippen LogP contribution in [-0.2, 0) is 10.2 Å². The summed E-state index contributed by atoms with van der Waals surface area (Å²) in [5.41, 5.74) is 0.967. The number of ether oxygens (including phenoxy) is 1. The zero-order chi connectivity index (χ0) is 13.2.